The molecule has 4 rings (SSSR count). The van der Waals surface area contributed by atoms with Crippen LogP contribution in [0.2, 0.25) is 0 Å². The molecule has 0 aliphatic carbocycles. The van der Waals surface area contributed by atoms with Gasteiger partial charge in [-0.2, -0.15) is 9.97 Å². The fraction of sp³-hybridized carbons (Fsp3) is 0.643. The second-order valence-electron chi connectivity index (χ2n) is 6.42. The predicted molar refractivity (Wildman–Crippen MR) is 88.7 cm³/mol. The third-order valence-electron chi connectivity index (χ3n) is 4.40. The Labute approximate surface area is 148 Å². The molecule has 26 heavy (non-hydrogen) atoms. The maximum atomic E-state index is 15.6. The SMILES string of the molecule is CCOc1nc(N)nc2c1ncn2[C@@H]1O[C@@H]2COP(C)(=O)O[C@H]2[C@@]1(C)F. The number of hydrogen-bond acceptors (Lipinski definition) is 9. The molecule has 0 spiro atoms. The Kier molecular flexibility index (Phi) is 3.96. The second-order valence-corrected chi connectivity index (χ2v) is 8.43. The van der Waals surface area contributed by atoms with Crippen molar-refractivity contribution in [3.63, 3.8) is 0 Å². The summed E-state index contributed by atoms with van der Waals surface area (Å²) >= 11 is 0. The van der Waals surface area contributed by atoms with E-state index < -0.39 is 31.7 Å². The first kappa shape index (κ1) is 17.6. The van der Waals surface area contributed by atoms with Gasteiger partial charge in [0.15, 0.2) is 23.1 Å². The van der Waals surface area contributed by atoms with Crippen LogP contribution in [0, 0.1) is 0 Å². The Bertz CT molecular complexity index is 905. The monoisotopic (exact) mass is 387 g/mol. The summed E-state index contributed by atoms with van der Waals surface area (Å²) in [5.41, 5.74) is 4.36. The minimum absolute atomic E-state index is 0.0254. The first-order chi connectivity index (χ1) is 12.2. The largest absolute Gasteiger partial charge is 0.476 e. The molecule has 0 amide bonds. The van der Waals surface area contributed by atoms with Gasteiger partial charge in [-0.15, -0.1) is 0 Å². The normalized spacial score (nSPS) is 37.0. The quantitative estimate of drug-likeness (QED) is 0.783. The minimum Gasteiger partial charge on any atom is -0.476 e. The highest BCUT2D eigenvalue weighted by molar-refractivity contribution is 7.53. The lowest BCUT2D eigenvalue weighted by atomic mass is 9.98. The van der Waals surface area contributed by atoms with Crippen molar-refractivity contribution in [1.29, 1.82) is 0 Å². The van der Waals surface area contributed by atoms with Gasteiger partial charge in [0.05, 0.1) is 19.5 Å². The van der Waals surface area contributed by atoms with Crippen molar-refractivity contribution >= 4 is 24.7 Å². The molecule has 2 fully saturated rings. The number of nitrogen functional groups attached to an aromatic ring is 1. The number of hydrogen-bond donors (Lipinski definition) is 1. The van der Waals surface area contributed by atoms with Crippen LogP contribution in [0.25, 0.3) is 11.2 Å². The van der Waals surface area contributed by atoms with Crippen LogP contribution in [0.3, 0.4) is 0 Å². The maximum Gasteiger partial charge on any atom is 0.328 e. The lowest BCUT2D eigenvalue weighted by Gasteiger charge is -2.33. The molecule has 2 aromatic rings. The number of alkyl halides is 1. The van der Waals surface area contributed by atoms with Gasteiger partial charge in [-0.3, -0.25) is 13.7 Å². The van der Waals surface area contributed by atoms with Crippen molar-refractivity contribution in [3.05, 3.63) is 6.33 Å². The summed E-state index contributed by atoms with van der Waals surface area (Å²) in [6, 6.07) is 0. The van der Waals surface area contributed by atoms with Gasteiger partial charge in [0, 0.05) is 6.66 Å². The summed E-state index contributed by atoms with van der Waals surface area (Å²) in [4.78, 5) is 12.4. The average Bonchev–Trinajstić information content (AvgIpc) is 3.06. The summed E-state index contributed by atoms with van der Waals surface area (Å²) < 4.78 is 50.9. The number of fused-ring (bicyclic) bond motifs is 2. The molecule has 142 valence electrons. The fourth-order valence-corrected chi connectivity index (χ4v) is 4.50. The van der Waals surface area contributed by atoms with Crippen molar-refractivity contribution in [3.8, 4) is 5.88 Å². The Morgan fingerprint density at radius 1 is 1.54 bits per heavy atom. The molecule has 2 aliphatic heterocycles. The molecule has 12 heteroatoms. The van der Waals surface area contributed by atoms with Gasteiger partial charge in [-0.25, -0.2) is 9.37 Å². The Balaban J connectivity index is 1.77. The van der Waals surface area contributed by atoms with Gasteiger partial charge >= 0.3 is 7.60 Å². The second kappa shape index (κ2) is 5.85. The van der Waals surface area contributed by atoms with Crippen LogP contribution >= 0.6 is 7.60 Å². The molecule has 4 heterocycles. The minimum atomic E-state index is -3.32. The molecule has 10 nitrogen and oxygen atoms in total. The van der Waals surface area contributed by atoms with Crippen LogP contribution in [0.5, 0.6) is 5.88 Å². The summed E-state index contributed by atoms with van der Waals surface area (Å²) in [6.07, 6.45) is -1.49. The topological polar surface area (TPSA) is 124 Å². The van der Waals surface area contributed by atoms with E-state index in [2.05, 4.69) is 15.0 Å². The summed E-state index contributed by atoms with van der Waals surface area (Å²) in [5, 5.41) is 0. The van der Waals surface area contributed by atoms with Gasteiger partial charge in [0.25, 0.3) is 0 Å². The van der Waals surface area contributed by atoms with Crippen LogP contribution < -0.4 is 10.5 Å². The first-order valence-electron chi connectivity index (χ1n) is 8.10. The highest BCUT2D eigenvalue weighted by Crippen LogP contribution is 2.56. The number of ether oxygens (including phenoxy) is 2. The zero-order chi connectivity index (χ0) is 18.7. The van der Waals surface area contributed by atoms with E-state index in [-0.39, 0.29) is 24.1 Å². The van der Waals surface area contributed by atoms with E-state index in [1.54, 1.807) is 6.92 Å². The molecule has 5 atom stereocenters. The van der Waals surface area contributed by atoms with Gasteiger partial charge in [0.2, 0.25) is 11.8 Å². The number of nitrogens with two attached hydrogens (primary N) is 1. The highest BCUT2D eigenvalue weighted by atomic mass is 31.2. The van der Waals surface area contributed by atoms with Crippen LogP contribution in [0.4, 0.5) is 10.3 Å². The predicted octanol–water partition coefficient (Wildman–Crippen LogP) is 1.67. The summed E-state index contributed by atoms with van der Waals surface area (Å²) in [7, 11) is -3.32. The van der Waals surface area contributed by atoms with E-state index in [1.165, 1.54) is 24.5 Å². The molecule has 2 saturated heterocycles. The number of aromatic nitrogens is 4. The third-order valence-corrected chi connectivity index (χ3v) is 5.63. The maximum absolute atomic E-state index is 15.6. The number of rotatable bonds is 3. The molecule has 0 bridgehead atoms. The molecule has 2 N–H and O–H groups in total. The van der Waals surface area contributed by atoms with Gasteiger partial charge < -0.3 is 19.7 Å². The lowest BCUT2D eigenvalue weighted by Crippen LogP contribution is -2.44. The van der Waals surface area contributed by atoms with Crippen LogP contribution in [-0.4, -0.2) is 57.3 Å². The van der Waals surface area contributed by atoms with E-state index in [4.69, 9.17) is 24.3 Å². The molecule has 1 unspecified atom stereocenters. The van der Waals surface area contributed by atoms with Gasteiger partial charge in [-0.05, 0) is 13.8 Å². The van der Waals surface area contributed by atoms with E-state index in [1.807, 2.05) is 0 Å². The Morgan fingerprint density at radius 3 is 3.04 bits per heavy atom. The zero-order valence-electron chi connectivity index (χ0n) is 14.5. The van der Waals surface area contributed by atoms with E-state index in [9.17, 15) is 4.57 Å². The van der Waals surface area contributed by atoms with Crippen molar-refractivity contribution in [1.82, 2.24) is 19.5 Å². The standard InChI is InChI=1S/C14H19FN5O5P/c1-4-22-11-8-10(18-13(16)19-11)20(6-17-8)12-14(2,15)9-7(24-12)5-23-26(3,21)25-9/h6-7,9,12H,4-5H2,1-3H3,(H2,16,18,19)/t7-,9-,12-,14-,26?/m1/s1. The molecule has 0 aromatic carbocycles. The molecular weight excluding hydrogens is 368 g/mol. The molecule has 2 aromatic heterocycles. The Morgan fingerprint density at radius 2 is 2.31 bits per heavy atom. The summed E-state index contributed by atoms with van der Waals surface area (Å²) in [6.45, 7) is 4.77. The highest BCUT2D eigenvalue weighted by Gasteiger charge is 2.60. The van der Waals surface area contributed by atoms with Crippen LogP contribution in [0.1, 0.15) is 20.1 Å². The lowest BCUT2D eigenvalue weighted by molar-refractivity contribution is -0.0594. The van der Waals surface area contributed by atoms with Crippen LogP contribution in [-0.2, 0) is 18.3 Å². The third kappa shape index (κ3) is 2.66. The molecule has 2 aliphatic rings. The van der Waals surface area contributed by atoms with Gasteiger partial charge in [-0.1, -0.05) is 0 Å². The van der Waals surface area contributed by atoms with Crippen molar-refractivity contribution < 1.29 is 27.5 Å². The van der Waals surface area contributed by atoms with Crippen molar-refractivity contribution in [2.45, 2.75) is 38.0 Å². The zero-order valence-corrected chi connectivity index (χ0v) is 15.4. The van der Waals surface area contributed by atoms with E-state index in [0.29, 0.717) is 12.1 Å². The average molecular weight is 387 g/mol. The first-order valence-corrected chi connectivity index (χ1v) is 10.1. The fourth-order valence-electron chi connectivity index (χ4n) is 3.27. The number of halogens is 1. The molecule has 0 radical (unpaired) electrons. The molecule has 0 saturated carbocycles. The number of anilines is 1. The van der Waals surface area contributed by atoms with Crippen LogP contribution in [0.15, 0.2) is 6.33 Å². The van der Waals surface area contributed by atoms with E-state index in [0.717, 1.165) is 0 Å². The van der Waals surface area contributed by atoms with Gasteiger partial charge in [0.1, 0.15) is 12.2 Å². The van der Waals surface area contributed by atoms with E-state index >= 15 is 4.39 Å². The summed E-state index contributed by atoms with van der Waals surface area (Å²) in [5.74, 6) is 0.179. The Hall–Kier alpha value is -1.81. The molecular formula is C14H19FN5O5P. The van der Waals surface area contributed by atoms with Crippen molar-refractivity contribution in [2.75, 3.05) is 25.6 Å². The number of nitrogens with zero attached hydrogens (tertiary/aromatic N) is 4. The number of imidazole rings is 1. The smallest absolute Gasteiger partial charge is 0.328 e. The van der Waals surface area contributed by atoms with Crippen molar-refractivity contribution in [2.24, 2.45) is 0 Å².